The minimum Gasteiger partial charge on any atom is -0.269 e. The molecule has 0 unspecified atom stereocenters. The maximum Gasteiger partial charge on any atom is 0.260 e. The lowest BCUT2D eigenvalue weighted by atomic mass is 9.89. The SMILES string of the molecule is CC1=C(Cc2ccc(Cl)cc2)C(=O)n2c(nc3ccccc32)[C@@H]1C#N. The number of fused-ring (bicyclic) bond motifs is 3. The van der Waals surface area contributed by atoms with E-state index in [9.17, 15) is 10.1 Å². The summed E-state index contributed by atoms with van der Waals surface area (Å²) in [5.74, 6) is -0.124. The van der Waals surface area contributed by atoms with E-state index in [1.54, 1.807) is 16.7 Å². The molecule has 4 nitrogen and oxygen atoms in total. The highest BCUT2D eigenvalue weighted by Gasteiger charge is 2.34. The summed E-state index contributed by atoms with van der Waals surface area (Å²) in [5.41, 5.74) is 3.86. The fraction of sp³-hybridized carbons (Fsp3) is 0.150. The second-order valence-electron chi connectivity index (χ2n) is 6.13. The van der Waals surface area contributed by atoms with Crippen LogP contribution in [0.1, 0.15) is 29.0 Å². The molecule has 0 N–H and O–H groups in total. The van der Waals surface area contributed by atoms with Crippen molar-refractivity contribution >= 4 is 28.5 Å². The monoisotopic (exact) mass is 347 g/mol. The maximum atomic E-state index is 13.2. The molecule has 1 aromatic heterocycles. The zero-order valence-corrected chi connectivity index (χ0v) is 14.3. The maximum absolute atomic E-state index is 13.2. The molecule has 2 heterocycles. The average Bonchev–Trinajstić information content (AvgIpc) is 3.00. The van der Waals surface area contributed by atoms with Crippen LogP contribution >= 0.6 is 11.6 Å². The normalized spacial score (nSPS) is 16.8. The predicted octanol–water partition coefficient (Wildman–Crippen LogP) is 4.51. The number of allylic oxidation sites excluding steroid dienone is 2. The van der Waals surface area contributed by atoms with Crippen molar-refractivity contribution in [3.63, 3.8) is 0 Å². The van der Waals surface area contributed by atoms with Gasteiger partial charge in [-0.15, -0.1) is 0 Å². The van der Waals surface area contributed by atoms with Crippen LogP contribution in [-0.2, 0) is 6.42 Å². The Labute approximate surface area is 150 Å². The van der Waals surface area contributed by atoms with Crippen molar-refractivity contribution in [1.82, 2.24) is 9.55 Å². The molecule has 1 aliphatic rings. The van der Waals surface area contributed by atoms with E-state index >= 15 is 0 Å². The van der Waals surface area contributed by atoms with E-state index < -0.39 is 5.92 Å². The molecule has 0 radical (unpaired) electrons. The van der Waals surface area contributed by atoms with Crippen LogP contribution in [0.25, 0.3) is 11.0 Å². The van der Waals surface area contributed by atoms with Crippen molar-refractivity contribution in [3.8, 4) is 6.07 Å². The number of para-hydroxylation sites is 2. The van der Waals surface area contributed by atoms with Crippen molar-refractivity contribution in [2.75, 3.05) is 0 Å². The summed E-state index contributed by atoms with van der Waals surface area (Å²) >= 11 is 5.94. The smallest absolute Gasteiger partial charge is 0.260 e. The first-order valence-corrected chi connectivity index (χ1v) is 8.33. The zero-order chi connectivity index (χ0) is 17.6. The van der Waals surface area contributed by atoms with Gasteiger partial charge in [0.15, 0.2) is 0 Å². The molecule has 5 heteroatoms. The molecule has 1 aliphatic heterocycles. The second-order valence-corrected chi connectivity index (χ2v) is 6.56. The second kappa shape index (κ2) is 5.87. The minimum absolute atomic E-state index is 0.109. The van der Waals surface area contributed by atoms with Gasteiger partial charge < -0.3 is 0 Å². The summed E-state index contributed by atoms with van der Waals surface area (Å²) < 4.78 is 1.58. The summed E-state index contributed by atoms with van der Waals surface area (Å²) in [5, 5.41) is 10.3. The van der Waals surface area contributed by atoms with E-state index in [4.69, 9.17) is 11.6 Å². The number of benzene rings is 2. The van der Waals surface area contributed by atoms with Gasteiger partial charge in [-0.05, 0) is 42.3 Å². The van der Waals surface area contributed by atoms with Crippen LogP contribution in [0.4, 0.5) is 0 Å². The van der Waals surface area contributed by atoms with Crippen molar-refractivity contribution in [1.29, 1.82) is 5.26 Å². The van der Waals surface area contributed by atoms with Gasteiger partial charge >= 0.3 is 0 Å². The summed E-state index contributed by atoms with van der Waals surface area (Å²) in [6, 6.07) is 17.2. The summed E-state index contributed by atoms with van der Waals surface area (Å²) in [6.07, 6.45) is 0.464. The first kappa shape index (κ1) is 15.6. The highest BCUT2D eigenvalue weighted by molar-refractivity contribution is 6.30. The molecule has 0 aliphatic carbocycles. The third-order valence-corrected chi connectivity index (χ3v) is 4.89. The molecule has 122 valence electrons. The van der Waals surface area contributed by atoms with Crippen LogP contribution in [0.3, 0.4) is 0 Å². The molecule has 1 atom stereocenters. The van der Waals surface area contributed by atoms with Crippen LogP contribution in [-0.4, -0.2) is 15.5 Å². The minimum atomic E-state index is -0.521. The van der Waals surface area contributed by atoms with Crippen LogP contribution in [0.15, 0.2) is 59.7 Å². The van der Waals surface area contributed by atoms with Crippen LogP contribution in [0.5, 0.6) is 0 Å². The third kappa shape index (κ3) is 2.45. The lowest BCUT2D eigenvalue weighted by Gasteiger charge is -2.23. The zero-order valence-electron chi connectivity index (χ0n) is 13.5. The Hall–Kier alpha value is -2.90. The Kier molecular flexibility index (Phi) is 3.67. The molecule has 0 spiro atoms. The number of carbonyl (C=O) groups excluding carboxylic acids is 1. The fourth-order valence-corrected chi connectivity index (χ4v) is 3.43. The molecule has 3 aromatic rings. The summed E-state index contributed by atoms with van der Waals surface area (Å²) in [6.45, 7) is 1.85. The standard InChI is InChI=1S/C20H14ClN3O/c1-12-15(10-13-6-8-14(21)9-7-13)20(25)24-18-5-3-2-4-17(18)23-19(24)16(12)11-22/h2-9,16H,10H2,1H3/t16-/m1/s1. The molecular formula is C20H14ClN3O. The summed E-state index contributed by atoms with van der Waals surface area (Å²) in [4.78, 5) is 17.7. The molecule has 2 aromatic carbocycles. The Morgan fingerprint density at radius 2 is 1.92 bits per heavy atom. The number of hydrogen-bond acceptors (Lipinski definition) is 3. The van der Waals surface area contributed by atoms with E-state index in [0.29, 0.717) is 22.8 Å². The van der Waals surface area contributed by atoms with Crippen LogP contribution in [0.2, 0.25) is 5.02 Å². The van der Waals surface area contributed by atoms with Crippen molar-refractivity contribution < 1.29 is 4.79 Å². The van der Waals surface area contributed by atoms with Gasteiger partial charge in [0, 0.05) is 17.0 Å². The lowest BCUT2D eigenvalue weighted by Crippen LogP contribution is -2.26. The van der Waals surface area contributed by atoms with E-state index in [2.05, 4.69) is 11.1 Å². The highest BCUT2D eigenvalue weighted by atomic mass is 35.5. The highest BCUT2D eigenvalue weighted by Crippen LogP contribution is 2.35. The molecule has 0 bridgehead atoms. The van der Waals surface area contributed by atoms with Crippen LogP contribution < -0.4 is 0 Å². The van der Waals surface area contributed by atoms with Gasteiger partial charge in [-0.3, -0.25) is 9.36 Å². The van der Waals surface area contributed by atoms with Gasteiger partial charge in [0.25, 0.3) is 5.91 Å². The average molecular weight is 348 g/mol. The Morgan fingerprint density at radius 3 is 2.64 bits per heavy atom. The predicted molar refractivity (Wildman–Crippen MR) is 96.6 cm³/mol. The van der Waals surface area contributed by atoms with E-state index in [0.717, 1.165) is 22.2 Å². The topological polar surface area (TPSA) is 58.7 Å². The largest absolute Gasteiger partial charge is 0.269 e. The number of imidazole rings is 1. The van der Waals surface area contributed by atoms with E-state index in [-0.39, 0.29) is 5.91 Å². The molecule has 25 heavy (non-hydrogen) atoms. The van der Waals surface area contributed by atoms with Crippen LogP contribution in [0, 0.1) is 11.3 Å². The van der Waals surface area contributed by atoms with Gasteiger partial charge in [-0.1, -0.05) is 35.9 Å². The molecule has 0 fully saturated rings. The van der Waals surface area contributed by atoms with Crippen molar-refractivity contribution in [2.24, 2.45) is 0 Å². The quantitative estimate of drug-likeness (QED) is 0.685. The van der Waals surface area contributed by atoms with Gasteiger partial charge in [-0.2, -0.15) is 5.26 Å². The Balaban J connectivity index is 1.86. The number of aromatic nitrogens is 2. The first-order valence-electron chi connectivity index (χ1n) is 7.96. The third-order valence-electron chi connectivity index (χ3n) is 4.64. The van der Waals surface area contributed by atoms with Gasteiger partial charge in [0.1, 0.15) is 11.7 Å². The first-order chi connectivity index (χ1) is 12.1. The fourth-order valence-electron chi connectivity index (χ4n) is 3.30. The summed E-state index contributed by atoms with van der Waals surface area (Å²) in [7, 11) is 0. The molecule has 0 saturated carbocycles. The molecule has 4 rings (SSSR count). The number of nitrogens with zero attached hydrogens (tertiary/aromatic N) is 3. The molecular weight excluding hydrogens is 334 g/mol. The van der Waals surface area contributed by atoms with E-state index in [1.165, 1.54) is 0 Å². The van der Waals surface area contributed by atoms with Gasteiger partial charge in [0.2, 0.25) is 0 Å². The Bertz CT molecular complexity index is 1070. The van der Waals surface area contributed by atoms with Gasteiger partial charge in [-0.25, -0.2) is 4.98 Å². The number of halogens is 1. The van der Waals surface area contributed by atoms with Crippen molar-refractivity contribution in [3.05, 3.63) is 76.1 Å². The van der Waals surface area contributed by atoms with Crippen molar-refractivity contribution in [2.45, 2.75) is 19.3 Å². The molecule has 0 saturated heterocycles. The lowest BCUT2D eigenvalue weighted by molar-refractivity contribution is 0.0947. The number of rotatable bonds is 2. The van der Waals surface area contributed by atoms with E-state index in [1.807, 2.05) is 43.3 Å². The molecule has 0 amide bonds. The van der Waals surface area contributed by atoms with Gasteiger partial charge in [0.05, 0.1) is 17.1 Å². The number of carbonyl (C=O) groups is 1. The number of nitriles is 1. The Morgan fingerprint density at radius 1 is 1.20 bits per heavy atom. The number of hydrogen-bond donors (Lipinski definition) is 0.